The Balaban J connectivity index is 2.19. The molecular weight excluding hydrogens is 196 g/mol. The molecule has 1 aromatic carbocycles. The molecule has 0 spiro atoms. The number of benzene rings is 1. The Hall–Kier alpha value is -0.960. The smallest absolute Gasteiger partial charge is 0.129 e. The Kier molecular flexibility index (Phi) is 3.00. The summed E-state index contributed by atoms with van der Waals surface area (Å²) in [6.45, 7) is 2.72. The van der Waals surface area contributed by atoms with Gasteiger partial charge in [-0.1, -0.05) is 0 Å². The molecule has 1 atom stereocenters. The Morgan fingerprint density at radius 3 is 2.87 bits per heavy atom. The Labute approximate surface area is 88.5 Å². The van der Waals surface area contributed by atoms with Gasteiger partial charge in [0.05, 0.1) is 0 Å². The van der Waals surface area contributed by atoms with Gasteiger partial charge in [0.2, 0.25) is 0 Å². The average molecular weight is 211 g/mol. The monoisotopic (exact) mass is 211 g/mol. The Morgan fingerprint density at radius 1 is 1.40 bits per heavy atom. The highest BCUT2D eigenvalue weighted by molar-refractivity contribution is 5.29. The van der Waals surface area contributed by atoms with Gasteiger partial charge in [-0.3, -0.25) is 0 Å². The van der Waals surface area contributed by atoms with Gasteiger partial charge in [-0.25, -0.2) is 8.78 Å². The van der Waals surface area contributed by atoms with Gasteiger partial charge in [-0.15, -0.1) is 0 Å². The fourth-order valence-corrected chi connectivity index (χ4v) is 2.11. The van der Waals surface area contributed by atoms with Gasteiger partial charge in [-0.2, -0.15) is 0 Å². The predicted molar refractivity (Wildman–Crippen MR) is 55.8 cm³/mol. The van der Waals surface area contributed by atoms with E-state index in [9.17, 15) is 8.78 Å². The molecule has 1 heterocycles. The maximum absolute atomic E-state index is 13.3. The molecule has 0 aromatic heterocycles. The van der Waals surface area contributed by atoms with Gasteiger partial charge in [0.25, 0.3) is 0 Å². The van der Waals surface area contributed by atoms with Gasteiger partial charge in [0, 0.05) is 12.1 Å². The van der Waals surface area contributed by atoms with Crippen molar-refractivity contribution in [2.24, 2.45) is 0 Å². The topological polar surface area (TPSA) is 12.0 Å². The first-order valence-electron chi connectivity index (χ1n) is 5.34. The second kappa shape index (κ2) is 4.27. The second-order valence-corrected chi connectivity index (χ2v) is 4.17. The standard InChI is InChI=1S/C12H15F2N/c1-8-9(5-10(13)7-12(8)14)6-11-3-2-4-15-11/h5,7,11,15H,2-4,6H2,1H3. The summed E-state index contributed by atoms with van der Waals surface area (Å²) in [7, 11) is 0. The van der Waals surface area contributed by atoms with Crippen molar-refractivity contribution in [1.82, 2.24) is 5.32 Å². The van der Waals surface area contributed by atoms with Crippen LogP contribution in [0.1, 0.15) is 24.0 Å². The van der Waals surface area contributed by atoms with Gasteiger partial charge >= 0.3 is 0 Å². The lowest BCUT2D eigenvalue weighted by molar-refractivity contribution is 0.559. The third-order valence-electron chi connectivity index (χ3n) is 3.05. The highest BCUT2D eigenvalue weighted by Crippen LogP contribution is 2.19. The molecule has 1 saturated heterocycles. The highest BCUT2D eigenvalue weighted by atomic mass is 19.1. The molecule has 0 amide bonds. The molecule has 1 N–H and O–H groups in total. The molecule has 1 unspecified atom stereocenters. The fraction of sp³-hybridized carbons (Fsp3) is 0.500. The van der Waals surface area contributed by atoms with Crippen molar-refractivity contribution in [3.05, 3.63) is 34.9 Å². The van der Waals surface area contributed by atoms with Crippen molar-refractivity contribution in [1.29, 1.82) is 0 Å². The van der Waals surface area contributed by atoms with Crippen LogP contribution in [0.2, 0.25) is 0 Å². The van der Waals surface area contributed by atoms with E-state index in [0.29, 0.717) is 11.6 Å². The fourth-order valence-electron chi connectivity index (χ4n) is 2.11. The van der Waals surface area contributed by atoms with Gasteiger partial charge in [0.15, 0.2) is 0 Å². The van der Waals surface area contributed by atoms with E-state index < -0.39 is 11.6 Å². The van der Waals surface area contributed by atoms with E-state index in [0.717, 1.165) is 37.4 Å². The average Bonchev–Trinajstić information content (AvgIpc) is 2.66. The molecule has 0 radical (unpaired) electrons. The lowest BCUT2D eigenvalue weighted by Crippen LogP contribution is -2.24. The zero-order valence-electron chi connectivity index (χ0n) is 8.82. The Bertz CT molecular complexity index is 357. The van der Waals surface area contributed by atoms with Gasteiger partial charge in [-0.05, 0) is 49.9 Å². The van der Waals surface area contributed by atoms with Crippen molar-refractivity contribution in [3.63, 3.8) is 0 Å². The van der Waals surface area contributed by atoms with Gasteiger partial charge in [0.1, 0.15) is 11.6 Å². The third kappa shape index (κ3) is 2.34. The van der Waals surface area contributed by atoms with Crippen molar-refractivity contribution < 1.29 is 8.78 Å². The second-order valence-electron chi connectivity index (χ2n) is 4.17. The zero-order valence-corrected chi connectivity index (χ0v) is 8.82. The van der Waals surface area contributed by atoms with Crippen molar-refractivity contribution in [3.8, 4) is 0 Å². The molecule has 15 heavy (non-hydrogen) atoms. The van der Waals surface area contributed by atoms with Gasteiger partial charge < -0.3 is 5.32 Å². The zero-order chi connectivity index (χ0) is 10.8. The van der Waals surface area contributed by atoms with Crippen LogP contribution in [0.15, 0.2) is 12.1 Å². The molecule has 1 nitrogen and oxygen atoms in total. The molecule has 1 fully saturated rings. The number of hydrogen-bond acceptors (Lipinski definition) is 1. The summed E-state index contributed by atoms with van der Waals surface area (Å²) in [5.41, 5.74) is 1.36. The molecule has 0 saturated carbocycles. The quantitative estimate of drug-likeness (QED) is 0.792. The SMILES string of the molecule is Cc1c(F)cc(F)cc1CC1CCCN1. The number of rotatable bonds is 2. The predicted octanol–water partition coefficient (Wildman–Crippen LogP) is 2.57. The molecule has 1 aliphatic rings. The van der Waals surface area contributed by atoms with Crippen LogP contribution in [-0.4, -0.2) is 12.6 Å². The van der Waals surface area contributed by atoms with Crippen molar-refractivity contribution in [2.45, 2.75) is 32.2 Å². The van der Waals surface area contributed by atoms with Crippen LogP contribution in [0.3, 0.4) is 0 Å². The first kappa shape index (κ1) is 10.6. The Morgan fingerprint density at radius 2 is 2.20 bits per heavy atom. The lowest BCUT2D eigenvalue weighted by atomic mass is 9.99. The largest absolute Gasteiger partial charge is 0.314 e. The van der Waals surface area contributed by atoms with Crippen LogP contribution in [-0.2, 0) is 6.42 Å². The summed E-state index contributed by atoms with van der Waals surface area (Å²) in [6.07, 6.45) is 2.97. The van der Waals surface area contributed by atoms with E-state index in [1.54, 1.807) is 6.92 Å². The highest BCUT2D eigenvalue weighted by Gasteiger charge is 2.17. The van der Waals surface area contributed by atoms with Crippen molar-refractivity contribution in [2.75, 3.05) is 6.54 Å². The van der Waals surface area contributed by atoms with Crippen LogP contribution in [0.5, 0.6) is 0 Å². The molecule has 0 aliphatic carbocycles. The van der Waals surface area contributed by atoms with E-state index in [-0.39, 0.29) is 0 Å². The minimum atomic E-state index is -0.480. The first-order chi connectivity index (χ1) is 7.16. The van der Waals surface area contributed by atoms with E-state index in [1.165, 1.54) is 6.07 Å². The molecule has 0 bridgehead atoms. The number of hydrogen-bond donors (Lipinski definition) is 1. The summed E-state index contributed by atoms with van der Waals surface area (Å²) >= 11 is 0. The summed E-state index contributed by atoms with van der Waals surface area (Å²) < 4.78 is 26.3. The number of halogens is 2. The van der Waals surface area contributed by atoms with Crippen LogP contribution in [0.4, 0.5) is 8.78 Å². The first-order valence-corrected chi connectivity index (χ1v) is 5.34. The summed E-state index contributed by atoms with van der Waals surface area (Å²) in [5, 5.41) is 3.33. The van der Waals surface area contributed by atoms with Crippen LogP contribution in [0, 0.1) is 18.6 Å². The van der Waals surface area contributed by atoms with Crippen LogP contribution < -0.4 is 5.32 Å². The molecule has 2 rings (SSSR count). The summed E-state index contributed by atoms with van der Waals surface area (Å²) in [6, 6.07) is 2.77. The minimum Gasteiger partial charge on any atom is -0.314 e. The number of nitrogens with one attached hydrogen (secondary N) is 1. The van der Waals surface area contributed by atoms with E-state index in [4.69, 9.17) is 0 Å². The summed E-state index contributed by atoms with van der Waals surface area (Å²) in [5.74, 6) is -0.922. The molecule has 1 aliphatic heterocycles. The summed E-state index contributed by atoms with van der Waals surface area (Å²) in [4.78, 5) is 0. The molecular formula is C12H15F2N. The maximum atomic E-state index is 13.3. The van der Waals surface area contributed by atoms with E-state index in [2.05, 4.69) is 5.32 Å². The van der Waals surface area contributed by atoms with E-state index >= 15 is 0 Å². The molecule has 82 valence electrons. The minimum absolute atomic E-state index is 0.380. The van der Waals surface area contributed by atoms with Crippen LogP contribution in [0.25, 0.3) is 0 Å². The van der Waals surface area contributed by atoms with Crippen LogP contribution >= 0.6 is 0 Å². The molecule has 3 heteroatoms. The normalized spacial score (nSPS) is 20.9. The third-order valence-corrected chi connectivity index (χ3v) is 3.05. The van der Waals surface area contributed by atoms with E-state index in [1.807, 2.05) is 0 Å². The molecule has 1 aromatic rings. The maximum Gasteiger partial charge on any atom is 0.129 e. The lowest BCUT2D eigenvalue weighted by Gasteiger charge is -2.12. The van der Waals surface area contributed by atoms with Crippen molar-refractivity contribution >= 4 is 0 Å².